The van der Waals surface area contributed by atoms with Crippen LogP contribution in [0.2, 0.25) is 0 Å². The lowest BCUT2D eigenvalue weighted by atomic mass is 10.1. The fourth-order valence-electron chi connectivity index (χ4n) is 2.63. The predicted octanol–water partition coefficient (Wildman–Crippen LogP) is 2.98. The summed E-state index contributed by atoms with van der Waals surface area (Å²) in [4.78, 5) is 13.7. The van der Waals surface area contributed by atoms with Crippen LogP contribution >= 0.6 is 0 Å². The summed E-state index contributed by atoms with van der Waals surface area (Å²) in [5, 5.41) is 19.8. The number of fused-ring (bicyclic) bond motifs is 1. The van der Waals surface area contributed by atoms with Gasteiger partial charge in [0.15, 0.2) is 11.5 Å². The average Bonchev–Trinajstić information content (AvgIpc) is 2.51. The molecule has 0 saturated heterocycles. The van der Waals surface area contributed by atoms with Gasteiger partial charge in [-0.05, 0) is 36.4 Å². The number of phenolic OH excluding ortho intramolecular Hbond substituents is 2. The largest absolute Gasteiger partial charge is 0.504 e. The van der Waals surface area contributed by atoms with E-state index in [4.69, 9.17) is 4.42 Å². The molecule has 0 aliphatic carbocycles. The zero-order valence-electron chi connectivity index (χ0n) is 13.0. The standard InChI is InChI=1S/C18H16FNO4/c1-20(9-11-2-4-13(19)5-3-11)10-12-6-18(23)24-17-8-16(22)15(21)7-14(12)17/h2-8,21-22H,9-10H2,1H3. The van der Waals surface area contributed by atoms with Crippen LogP contribution in [-0.4, -0.2) is 22.2 Å². The third-order valence-electron chi connectivity index (χ3n) is 3.73. The van der Waals surface area contributed by atoms with Crippen molar-refractivity contribution < 1.29 is 19.0 Å². The fraction of sp³-hybridized carbons (Fsp3) is 0.167. The zero-order valence-corrected chi connectivity index (χ0v) is 13.0. The molecule has 0 saturated carbocycles. The second kappa shape index (κ2) is 6.33. The van der Waals surface area contributed by atoms with E-state index in [9.17, 15) is 19.4 Å². The molecular formula is C18H16FNO4. The number of phenols is 2. The van der Waals surface area contributed by atoms with Crippen molar-refractivity contribution in [2.75, 3.05) is 7.05 Å². The van der Waals surface area contributed by atoms with Crippen molar-refractivity contribution in [1.82, 2.24) is 4.90 Å². The minimum absolute atomic E-state index is 0.211. The highest BCUT2D eigenvalue weighted by Gasteiger charge is 2.12. The molecule has 0 aliphatic rings. The second-order valence-electron chi connectivity index (χ2n) is 5.73. The monoisotopic (exact) mass is 329 g/mol. The van der Waals surface area contributed by atoms with Gasteiger partial charge in [0, 0.05) is 30.6 Å². The Balaban J connectivity index is 1.90. The lowest BCUT2D eigenvalue weighted by Crippen LogP contribution is -2.18. The molecule has 3 aromatic rings. The smallest absolute Gasteiger partial charge is 0.336 e. The third-order valence-corrected chi connectivity index (χ3v) is 3.73. The number of aromatic hydroxyl groups is 2. The van der Waals surface area contributed by atoms with Gasteiger partial charge in [-0.2, -0.15) is 0 Å². The van der Waals surface area contributed by atoms with Gasteiger partial charge in [-0.25, -0.2) is 9.18 Å². The summed E-state index contributed by atoms with van der Waals surface area (Å²) >= 11 is 0. The number of hydrogen-bond acceptors (Lipinski definition) is 5. The van der Waals surface area contributed by atoms with Crippen LogP contribution in [0.4, 0.5) is 4.39 Å². The Hall–Kier alpha value is -2.86. The van der Waals surface area contributed by atoms with E-state index in [2.05, 4.69) is 0 Å². The minimum Gasteiger partial charge on any atom is -0.504 e. The molecule has 3 rings (SSSR count). The van der Waals surface area contributed by atoms with E-state index in [1.807, 2.05) is 11.9 Å². The van der Waals surface area contributed by atoms with Crippen LogP contribution in [0.3, 0.4) is 0 Å². The van der Waals surface area contributed by atoms with Gasteiger partial charge >= 0.3 is 5.63 Å². The molecule has 0 unspecified atom stereocenters. The summed E-state index contributed by atoms with van der Waals surface area (Å²) < 4.78 is 18.0. The summed E-state index contributed by atoms with van der Waals surface area (Å²) in [5.74, 6) is -0.912. The molecule has 0 aliphatic heterocycles. The summed E-state index contributed by atoms with van der Waals surface area (Å²) in [6.07, 6.45) is 0. The van der Waals surface area contributed by atoms with Crippen molar-refractivity contribution in [2.45, 2.75) is 13.1 Å². The Morgan fingerprint density at radius 2 is 1.71 bits per heavy atom. The summed E-state index contributed by atoms with van der Waals surface area (Å²) in [6.45, 7) is 0.982. The van der Waals surface area contributed by atoms with E-state index in [1.54, 1.807) is 12.1 Å². The lowest BCUT2D eigenvalue weighted by molar-refractivity contribution is 0.319. The molecule has 1 aromatic heterocycles. The molecule has 1 heterocycles. The quantitative estimate of drug-likeness (QED) is 0.569. The summed E-state index contributed by atoms with van der Waals surface area (Å²) in [5.41, 5.74) is 1.29. The minimum atomic E-state index is -0.530. The van der Waals surface area contributed by atoms with Gasteiger partial charge < -0.3 is 14.6 Å². The Kier molecular flexibility index (Phi) is 4.22. The maximum Gasteiger partial charge on any atom is 0.336 e. The first-order valence-corrected chi connectivity index (χ1v) is 7.34. The summed E-state index contributed by atoms with van der Waals surface area (Å²) in [6, 6.07) is 10.2. The van der Waals surface area contributed by atoms with Crippen LogP contribution in [0.15, 0.2) is 51.7 Å². The highest BCUT2D eigenvalue weighted by atomic mass is 19.1. The number of nitrogens with zero attached hydrogens (tertiary/aromatic N) is 1. The van der Waals surface area contributed by atoms with E-state index in [0.29, 0.717) is 24.0 Å². The first-order valence-electron chi connectivity index (χ1n) is 7.34. The van der Waals surface area contributed by atoms with Crippen molar-refractivity contribution in [1.29, 1.82) is 0 Å². The molecule has 0 amide bonds. The van der Waals surface area contributed by atoms with Crippen molar-refractivity contribution in [3.8, 4) is 11.5 Å². The average molecular weight is 329 g/mol. The maximum absolute atomic E-state index is 13.0. The Morgan fingerprint density at radius 3 is 2.42 bits per heavy atom. The molecule has 0 fully saturated rings. The van der Waals surface area contributed by atoms with Crippen molar-refractivity contribution in [3.05, 3.63) is 69.8 Å². The van der Waals surface area contributed by atoms with E-state index in [0.717, 1.165) is 5.56 Å². The molecule has 6 heteroatoms. The Labute approximate surface area is 137 Å². The number of benzene rings is 2. The van der Waals surface area contributed by atoms with Crippen LogP contribution in [0.25, 0.3) is 11.0 Å². The van der Waals surface area contributed by atoms with Gasteiger partial charge in [0.05, 0.1) is 0 Å². The normalized spacial score (nSPS) is 11.3. The van der Waals surface area contributed by atoms with Crippen molar-refractivity contribution >= 4 is 11.0 Å². The van der Waals surface area contributed by atoms with Gasteiger partial charge in [-0.3, -0.25) is 4.90 Å². The molecule has 0 bridgehead atoms. The SMILES string of the molecule is CN(Cc1ccc(F)cc1)Cc1cc(=O)oc2cc(O)c(O)cc12. The van der Waals surface area contributed by atoms with Crippen LogP contribution in [0.5, 0.6) is 11.5 Å². The second-order valence-corrected chi connectivity index (χ2v) is 5.73. The molecule has 24 heavy (non-hydrogen) atoms. The Bertz CT molecular complexity index is 934. The lowest BCUT2D eigenvalue weighted by Gasteiger charge is -2.17. The van der Waals surface area contributed by atoms with E-state index < -0.39 is 5.63 Å². The molecule has 0 radical (unpaired) electrons. The van der Waals surface area contributed by atoms with E-state index >= 15 is 0 Å². The Morgan fingerprint density at radius 1 is 1.04 bits per heavy atom. The molecule has 0 spiro atoms. The predicted molar refractivity (Wildman–Crippen MR) is 87.4 cm³/mol. The molecule has 124 valence electrons. The fourth-order valence-corrected chi connectivity index (χ4v) is 2.63. The maximum atomic E-state index is 13.0. The van der Waals surface area contributed by atoms with E-state index in [1.165, 1.54) is 30.3 Å². The van der Waals surface area contributed by atoms with Gasteiger partial charge in [0.2, 0.25) is 0 Å². The number of hydrogen-bond donors (Lipinski definition) is 2. The van der Waals surface area contributed by atoms with Crippen molar-refractivity contribution in [3.63, 3.8) is 0 Å². The third kappa shape index (κ3) is 3.38. The summed E-state index contributed by atoms with van der Waals surface area (Å²) in [7, 11) is 1.87. The highest BCUT2D eigenvalue weighted by Crippen LogP contribution is 2.31. The van der Waals surface area contributed by atoms with Crippen molar-refractivity contribution in [2.24, 2.45) is 0 Å². The molecule has 2 N–H and O–H groups in total. The molecule has 0 atom stereocenters. The molecular weight excluding hydrogens is 313 g/mol. The van der Waals surface area contributed by atoms with Gasteiger partial charge in [0.25, 0.3) is 0 Å². The zero-order chi connectivity index (χ0) is 17.3. The molecule has 5 nitrogen and oxygen atoms in total. The van der Waals surface area contributed by atoms with Crippen LogP contribution in [0.1, 0.15) is 11.1 Å². The van der Waals surface area contributed by atoms with E-state index in [-0.39, 0.29) is 22.9 Å². The van der Waals surface area contributed by atoms with Crippen LogP contribution in [-0.2, 0) is 13.1 Å². The van der Waals surface area contributed by atoms with Gasteiger partial charge in [0.1, 0.15) is 11.4 Å². The van der Waals surface area contributed by atoms with Gasteiger partial charge in [-0.15, -0.1) is 0 Å². The molecule has 2 aromatic carbocycles. The topological polar surface area (TPSA) is 73.9 Å². The van der Waals surface area contributed by atoms with Crippen LogP contribution < -0.4 is 5.63 Å². The number of halogens is 1. The first kappa shape index (κ1) is 16.0. The van der Waals surface area contributed by atoms with Gasteiger partial charge in [-0.1, -0.05) is 12.1 Å². The highest BCUT2D eigenvalue weighted by molar-refractivity contribution is 5.83. The van der Waals surface area contributed by atoms with Crippen LogP contribution in [0, 0.1) is 5.82 Å². The number of rotatable bonds is 4. The first-order chi connectivity index (χ1) is 11.4.